The van der Waals surface area contributed by atoms with E-state index in [1.165, 1.54) is 39.7 Å². The third kappa shape index (κ3) is 4.67. The Balaban J connectivity index is 1.35. The molecule has 1 aliphatic heterocycles. The van der Waals surface area contributed by atoms with Crippen LogP contribution in [0.5, 0.6) is 0 Å². The third-order valence-corrected chi connectivity index (χ3v) is 8.03. The van der Waals surface area contributed by atoms with E-state index >= 15 is 0 Å². The summed E-state index contributed by atoms with van der Waals surface area (Å²) in [6, 6.07) is 13.5. The zero-order valence-electron chi connectivity index (χ0n) is 17.6. The van der Waals surface area contributed by atoms with Crippen LogP contribution in [-0.2, 0) is 21.2 Å². The maximum atomic E-state index is 12.9. The standard InChI is InChI=1S/C22H26N4O5S/c27-22(23-19-9-5-7-17-6-1-2-8-18(17)19)16-24-12-14-25(15-13-24)32(30,31)21-11-4-3-10-20(21)26(28)29/h1-4,6,8,10-11,19H,5,7,9,12-16H2,(H,23,27)/t19-/m0/s1. The quantitative estimate of drug-likeness (QED) is 0.524. The van der Waals surface area contributed by atoms with Gasteiger partial charge in [0, 0.05) is 32.2 Å². The van der Waals surface area contributed by atoms with Gasteiger partial charge < -0.3 is 5.32 Å². The lowest BCUT2D eigenvalue weighted by molar-refractivity contribution is -0.387. The van der Waals surface area contributed by atoms with Crippen molar-refractivity contribution in [2.24, 2.45) is 0 Å². The number of hydrogen-bond donors (Lipinski definition) is 1. The predicted molar refractivity (Wildman–Crippen MR) is 119 cm³/mol. The third-order valence-electron chi connectivity index (χ3n) is 6.08. The molecule has 1 aliphatic carbocycles. The summed E-state index contributed by atoms with van der Waals surface area (Å²) in [7, 11) is -3.98. The summed E-state index contributed by atoms with van der Waals surface area (Å²) in [6.45, 7) is 1.31. The number of nitro groups is 1. The number of fused-ring (bicyclic) bond motifs is 1. The van der Waals surface area contributed by atoms with Crippen molar-refractivity contribution >= 4 is 21.6 Å². The fraction of sp³-hybridized carbons (Fsp3) is 0.409. The highest BCUT2D eigenvalue weighted by atomic mass is 32.2. The minimum atomic E-state index is -3.98. The number of rotatable bonds is 6. The Morgan fingerprint density at radius 1 is 1.06 bits per heavy atom. The van der Waals surface area contributed by atoms with Crippen molar-refractivity contribution in [1.82, 2.24) is 14.5 Å². The van der Waals surface area contributed by atoms with Gasteiger partial charge in [-0.15, -0.1) is 0 Å². The highest BCUT2D eigenvalue weighted by Gasteiger charge is 2.34. The normalized spacial score (nSPS) is 19.8. The second-order valence-electron chi connectivity index (χ2n) is 8.12. The van der Waals surface area contributed by atoms with E-state index in [1.54, 1.807) is 0 Å². The second-order valence-corrected chi connectivity index (χ2v) is 10.0. The number of sulfonamides is 1. The Labute approximate surface area is 187 Å². The monoisotopic (exact) mass is 458 g/mol. The van der Waals surface area contributed by atoms with E-state index in [1.807, 2.05) is 17.0 Å². The number of amides is 1. The van der Waals surface area contributed by atoms with Crippen LogP contribution in [0, 0.1) is 10.1 Å². The summed E-state index contributed by atoms with van der Waals surface area (Å²) in [5, 5.41) is 14.4. The van der Waals surface area contributed by atoms with Crippen molar-refractivity contribution in [2.75, 3.05) is 32.7 Å². The van der Waals surface area contributed by atoms with E-state index in [9.17, 15) is 23.3 Å². The summed E-state index contributed by atoms with van der Waals surface area (Å²) in [4.78, 5) is 24.8. The number of benzene rings is 2. The molecule has 0 saturated carbocycles. The largest absolute Gasteiger partial charge is 0.348 e. The maximum Gasteiger partial charge on any atom is 0.289 e. The highest BCUT2D eigenvalue weighted by molar-refractivity contribution is 7.89. The number of nitro benzene ring substituents is 1. The zero-order chi connectivity index (χ0) is 22.7. The zero-order valence-corrected chi connectivity index (χ0v) is 18.5. The molecule has 2 aromatic rings. The molecule has 0 spiro atoms. The van der Waals surface area contributed by atoms with Crippen molar-refractivity contribution in [2.45, 2.75) is 30.2 Å². The number of carbonyl (C=O) groups is 1. The Morgan fingerprint density at radius 3 is 2.50 bits per heavy atom. The number of carbonyl (C=O) groups excluding carboxylic acids is 1. The molecule has 1 amide bonds. The van der Waals surface area contributed by atoms with E-state index in [0.717, 1.165) is 19.3 Å². The first-order valence-corrected chi connectivity index (χ1v) is 12.1. The van der Waals surface area contributed by atoms with Crippen molar-refractivity contribution in [3.05, 3.63) is 69.8 Å². The average molecular weight is 459 g/mol. The molecule has 4 rings (SSSR count). The molecule has 1 saturated heterocycles. The van der Waals surface area contributed by atoms with Crippen molar-refractivity contribution in [3.8, 4) is 0 Å². The Kier molecular flexibility index (Phi) is 6.54. The van der Waals surface area contributed by atoms with E-state index < -0.39 is 20.6 Å². The molecule has 1 fully saturated rings. The van der Waals surface area contributed by atoms with Gasteiger partial charge in [-0.05, 0) is 36.5 Å². The second kappa shape index (κ2) is 9.35. The molecule has 1 heterocycles. The Bertz CT molecular complexity index is 1110. The summed E-state index contributed by atoms with van der Waals surface area (Å²) < 4.78 is 27.1. The summed E-state index contributed by atoms with van der Waals surface area (Å²) >= 11 is 0. The van der Waals surface area contributed by atoms with Crippen LogP contribution in [0.25, 0.3) is 0 Å². The molecule has 1 N–H and O–H groups in total. The van der Waals surface area contributed by atoms with E-state index in [-0.39, 0.29) is 36.5 Å². The van der Waals surface area contributed by atoms with Gasteiger partial charge in [0.2, 0.25) is 15.9 Å². The van der Waals surface area contributed by atoms with E-state index in [4.69, 9.17) is 0 Å². The topological polar surface area (TPSA) is 113 Å². The summed E-state index contributed by atoms with van der Waals surface area (Å²) in [5.74, 6) is -0.0818. The lowest BCUT2D eigenvalue weighted by Gasteiger charge is -2.34. The molecular formula is C22H26N4O5S. The molecule has 170 valence electrons. The van der Waals surface area contributed by atoms with Crippen molar-refractivity contribution in [1.29, 1.82) is 0 Å². The molecule has 0 bridgehead atoms. The molecule has 10 heteroatoms. The molecule has 9 nitrogen and oxygen atoms in total. The van der Waals surface area contributed by atoms with Crippen LogP contribution >= 0.6 is 0 Å². The molecule has 1 atom stereocenters. The molecule has 0 unspecified atom stereocenters. The van der Waals surface area contributed by atoms with Crippen LogP contribution in [-0.4, -0.2) is 61.2 Å². The van der Waals surface area contributed by atoms with Gasteiger partial charge in [-0.1, -0.05) is 36.4 Å². The molecule has 32 heavy (non-hydrogen) atoms. The molecule has 2 aromatic carbocycles. The van der Waals surface area contributed by atoms with E-state index in [2.05, 4.69) is 17.4 Å². The molecule has 2 aliphatic rings. The number of hydrogen-bond acceptors (Lipinski definition) is 6. The Hall–Kier alpha value is -2.82. The average Bonchev–Trinajstić information content (AvgIpc) is 2.79. The van der Waals surface area contributed by atoms with Gasteiger partial charge in [0.25, 0.3) is 5.69 Å². The smallest absolute Gasteiger partial charge is 0.289 e. The summed E-state index contributed by atoms with van der Waals surface area (Å²) in [6.07, 6.45) is 2.97. The number of para-hydroxylation sites is 1. The van der Waals surface area contributed by atoms with Gasteiger partial charge in [0.15, 0.2) is 4.90 Å². The van der Waals surface area contributed by atoms with Gasteiger partial charge in [0.05, 0.1) is 17.5 Å². The van der Waals surface area contributed by atoms with Gasteiger partial charge >= 0.3 is 0 Å². The maximum absolute atomic E-state index is 12.9. The predicted octanol–water partition coefficient (Wildman–Crippen LogP) is 2.09. The fourth-order valence-corrected chi connectivity index (χ4v) is 6.02. The highest BCUT2D eigenvalue weighted by Crippen LogP contribution is 2.29. The first-order valence-electron chi connectivity index (χ1n) is 10.7. The lowest BCUT2D eigenvalue weighted by atomic mass is 9.88. The molecular weight excluding hydrogens is 432 g/mol. The van der Waals surface area contributed by atoms with Gasteiger partial charge in [-0.2, -0.15) is 4.31 Å². The van der Waals surface area contributed by atoms with Crippen molar-refractivity contribution < 1.29 is 18.1 Å². The van der Waals surface area contributed by atoms with Crippen LogP contribution in [0.15, 0.2) is 53.4 Å². The minimum absolute atomic E-state index is 0.00717. The Morgan fingerprint density at radius 2 is 1.75 bits per heavy atom. The van der Waals surface area contributed by atoms with Gasteiger partial charge in [-0.25, -0.2) is 8.42 Å². The number of piperazine rings is 1. The number of nitrogens with zero attached hydrogens (tertiary/aromatic N) is 3. The summed E-state index contributed by atoms with van der Waals surface area (Å²) in [5.41, 5.74) is 2.02. The first-order chi connectivity index (χ1) is 15.4. The van der Waals surface area contributed by atoms with Gasteiger partial charge in [-0.3, -0.25) is 19.8 Å². The molecule has 0 radical (unpaired) electrons. The van der Waals surface area contributed by atoms with Crippen molar-refractivity contribution in [3.63, 3.8) is 0 Å². The van der Waals surface area contributed by atoms with Crippen LogP contribution in [0.3, 0.4) is 0 Å². The van der Waals surface area contributed by atoms with Gasteiger partial charge in [0.1, 0.15) is 0 Å². The SMILES string of the molecule is O=C(CN1CCN(S(=O)(=O)c2ccccc2[N+](=O)[O-])CC1)N[C@H]1CCCc2ccccc21. The molecule has 0 aromatic heterocycles. The van der Waals surface area contributed by atoms with Crippen LogP contribution < -0.4 is 5.32 Å². The lowest BCUT2D eigenvalue weighted by Crippen LogP contribution is -2.51. The fourth-order valence-electron chi connectivity index (χ4n) is 4.44. The van der Waals surface area contributed by atoms with Crippen LogP contribution in [0.2, 0.25) is 0 Å². The van der Waals surface area contributed by atoms with Crippen LogP contribution in [0.4, 0.5) is 5.69 Å². The van der Waals surface area contributed by atoms with E-state index in [0.29, 0.717) is 13.1 Å². The number of nitrogens with one attached hydrogen (secondary N) is 1. The van der Waals surface area contributed by atoms with Crippen LogP contribution in [0.1, 0.15) is 30.0 Å². The minimum Gasteiger partial charge on any atom is -0.348 e. The number of aryl methyl sites for hydroxylation is 1. The first kappa shape index (κ1) is 22.4.